The van der Waals surface area contributed by atoms with Crippen LogP contribution in [0.25, 0.3) is 11.1 Å². The normalized spacial score (nSPS) is 17.2. The molecule has 3 nitrogen and oxygen atoms in total. The first-order valence-corrected chi connectivity index (χ1v) is 7.09. The third-order valence-electron chi connectivity index (χ3n) is 3.87. The number of rotatable bonds is 3. The molecule has 0 radical (unpaired) electrons. The summed E-state index contributed by atoms with van der Waals surface area (Å²) in [4.78, 5) is 0. The summed E-state index contributed by atoms with van der Waals surface area (Å²) in [6.07, 6.45) is 2.17. The Morgan fingerprint density at radius 1 is 1.15 bits per heavy atom. The van der Waals surface area contributed by atoms with Crippen molar-refractivity contribution < 1.29 is 4.74 Å². The van der Waals surface area contributed by atoms with Gasteiger partial charge >= 0.3 is 0 Å². The van der Waals surface area contributed by atoms with Crippen LogP contribution in [0, 0.1) is 0 Å². The maximum atomic E-state index is 6.11. The number of nitrogens with two attached hydrogens (primary N) is 1. The summed E-state index contributed by atoms with van der Waals surface area (Å²) in [6.45, 7) is 0.571. The van der Waals surface area contributed by atoms with E-state index in [9.17, 15) is 0 Å². The summed E-state index contributed by atoms with van der Waals surface area (Å²) in [7, 11) is 1.94. The zero-order valence-electron chi connectivity index (χ0n) is 11.7. The van der Waals surface area contributed by atoms with E-state index in [-0.39, 0.29) is 6.10 Å². The summed E-state index contributed by atoms with van der Waals surface area (Å²) >= 11 is 0. The molecule has 1 heterocycles. The molecule has 0 amide bonds. The summed E-state index contributed by atoms with van der Waals surface area (Å²) in [5.41, 5.74) is 10.5. The monoisotopic (exact) mass is 268 g/mol. The van der Waals surface area contributed by atoms with Crippen molar-refractivity contribution in [3.8, 4) is 16.9 Å². The third kappa shape index (κ3) is 2.25. The molecule has 0 aromatic heterocycles. The largest absolute Gasteiger partial charge is 0.488 e. The molecule has 1 atom stereocenters. The van der Waals surface area contributed by atoms with E-state index in [1.54, 1.807) is 0 Å². The molecule has 0 unspecified atom stereocenters. The van der Waals surface area contributed by atoms with Crippen LogP contribution < -0.4 is 15.8 Å². The van der Waals surface area contributed by atoms with Gasteiger partial charge in [-0.05, 0) is 24.5 Å². The number of aryl methyl sites for hydroxylation is 1. The fourth-order valence-electron chi connectivity index (χ4n) is 2.78. The number of hydrogen-bond donors (Lipinski definition) is 2. The van der Waals surface area contributed by atoms with Crippen LogP contribution >= 0.6 is 0 Å². The second-order valence-electron chi connectivity index (χ2n) is 5.10. The predicted octanol–water partition coefficient (Wildman–Crippen LogP) is 3.05. The van der Waals surface area contributed by atoms with E-state index in [0.29, 0.717) is 6.54 Å². The van der Waals surface area contributed by atoms with Crippen LogP contribution in [0.4, 0.5) is 5.69 Å². The molecule has 3 heteroatoms. The van der Waals surface area contributed by atoms with E-state index in [2.05, 4.69) is 41.7 Å². The Kier molecular flexibility index (Phi) is 3.61. The molecule has 3 N–H and O–H groups in total. The molecule has 104 valence electrons. The summed E-state index contributed by atoms with van der Waals surface area (Å²) in [5.74, 6) is 0.997. The smallest absolute Gasteiger partial charge is 0.130 e. The number of hydrogen-bond acceptors (Lipinski definition) is 3. The molecule has 0 saturated carbocycles. The highest BCUT2D eigenvalue weighted by molar-refractivity contribution is 5.82. The first-order valence-electron chi connectivity index (χ1n) is 7.09. The van der Waals surface area contributed by atoms with Crippen molar-refractivity contribution in [1.82, 2.24) is 0 Å². The summed E-state index contributed by atoms with van der Waals surface area (Å²) < 4.78 is 6.11. The number of anilines is 1. The number of benzene rings is 2. The van der Waals surface area contributed by atoms with Crippen molar-refractivity contribution in [1.29, 1.82) is 0 Å². The minimum absolute atomic E-state index is 0.130. The molecule has 0 fully saturated rings. The zero-order chi connectivity index (χ0) is 13.9. The van der Waals surface area contributed by atoms with Gasteiger partial charge in [0.2, 0.25) is 0 Å². The van der Waals surface area contributed by atoms with Crippen LogP contribution in [0.15, 0.2) is 42.5 Å². The highest BCUT2D eigenvalue weighted by atomic mass is 16.5. The minimum atomic E-state index is 0.130. The van der Waals surface area contributed by atoms with Gasteiger partial charge in [-0.3, -0.25) is 0 Å². The lowest BCUT2D eigenvalue weighted by Crippen LogP contribution is -2.30. The lowest BCUT2D eigenvalue weighted by Gasteiger charge is -2.27. The topological polar surface area (TPSA) is 47.3 Å². The maximum Gasteiger partial charge on any atom is 0.130 e. The van der Waals surface area contributed by atoms with Gasteiger partial charge in [0.05, 0.1) is 0 Å². The fraction of sp³-hybridized carbons (Fsp3) is 0.294. The highest BCUT2D eigenvalue weighted by Gasteiger charge is 2.22. The lowest BCUT2D eigenvalue weighted by molar-refractivity contribution is 0.182. The Bertz CT molecular complexity index is 610. The van der Waals surface area contributed by atoms with E-state index >= 15 is 0 Å². The van der Waals surface area contributed by atoms with Gasteiger partial charge in [-0.15, -0.1) is 0 Å². The second kappa shape index (κ2) is 5.55. The van der Waals surface area contributed by atoms with Crippen LogP contribution in [0.1, 0.15) is 12.0 Å². The van der Waals surface area contributed by atoms with Gasteiger partial charge in [-0.2, -0.15) is 0 Å². The predicted molar refractivity (Wildman–Crippen MR) is 83.2 cm³/mol. The average Bonchev–Trinajstić information content (AvgIpc) is 2.53. The Morgan fingerprint density at radius 2 is 1.95 bits per heavy atom. The molecule has 1 aliphatic rings. The van der Waals surface area contributed by atoms with Crippen molar-refractivity contribution in [3.63, 3.8) is 0 Å². The van der Waals surface area contributed by atoms with E-state index in [1.807, 2.05) is 13.1 Å². The molecular formula is C17H20N2O. The molecule has 20 heavy (non-hydrogen) atoms. The number of para-hydroxylation sites is 2. The van der Waals surface area contributed by atoms with Crippen molar-refractivity contribution in [2.24, 2.45) is 5.73 Å². The van der Waals surface area contributed by atoms with Gasteiger partial charge in [0, 0.05) is 30.4 Å². The number of fused-ring (bicyclic) bond motifs is 1. The zero-order valence-corrected chi connectivity index (χ0v) is 11.7. The highest BCUT2D eigenvalue weighted by Crippen LogP contribution is 2.40. The Balaban J connectivity index is 2.11. The van der Waals surface area contributed by atoms with Crippen molar-refractivity contribution in [3.05, 3.63) is 48.0 Å². The van der Waals surface area contributed by atoms with E-state index < -0.39 is 0 Å². The first kappa shape index (κ1) is 13.0. The van der Waals surface area contributed by atoms with Gasteiger partial charge < -0.3 is 15.8 Å². The Labute approximate surface area is 119 Å². The molecule has 0 saturated heterocycles. The van der Waals surface area contributed by atoms with Crippen molar-refractivity contribution in [2.45, 2.75) is 18.9 Å². The Morgan fingerprint density at radius 3 is 2.75 bits per heavy atom. The number of ether oxygens (including phenoxy) is 1. The van der Waals surface area contributed by atoms with Crippen LogP contribution in [-0.2, 0) is 6.42 Å². The maximum absolute atomic E-state index is 6.11. The van der Waals surface area contributed by atoms with Crippen molar-refractivity contribution >= 4 is 5.69 Å². The van der Waals surface area contributed by atoms with Crippen LogP contribution in [0.3, 0.4) is 0 Å². The van der Waals surface area contributed by atoms with E-state index in [1.165, 1.54) is 11.1 Å². The molecule has 0 bridgehead atoms. The van der Waals surface area contributed by atoms with Crippen LogP contribution in [-0.4, -0.2) is 19.7 Å². The standard InChI is InChI=1S/C17H20N2O/c1-19-16-8-3-2-6-14(16)15-7-4-5-12-9-10-13(11-18)20-17(12)15/h2-8,13,19H,9-11,18H2,1H3/t13-/m1/s1. The first-order chi connectivity index (χ1) is 9.83. The van der Waals surface area contributed by atoms with Crippen LogP contribution in [0.2, 0.25) is 0 Å². The molecule has 3 rings (SSSR count). The third-order valence-corrected chi connectivity index (χ3v) is 3.87. The lowest BCUT2D eigenvalue weighted by atomic mass is 9.95. The molecule has 2 aromatic rings. The number of nitrogens with one attached hydrogen (secondary N) is 1. The SMILES string of the molecule is CNc1ccccc1-c1cccc2c1O[C@@H](CN)CC2. The van der Waals surface area contributed by atoms with E-state index in [0.717, 1.165) is 29.8 Å². The summed E-state index contributed by atoms with van der Waals surface area (Å²) in [6, 6.07) is 14.7. The van der Waals surface area contributed by atoms with Gasteiger partial charge in [-0.25, -0.2) is 0 Å². The average molecular weight is 268 g/mol. The summed E-state index contributed by atoms with van der Waals surface area (Å²) in [5, 5.41) is 3.25. The van der Waals surface area contributed by atoms with Gasteiger partial charge in [0.1, 0.15) is 11.9 Å². The van der Waals surface area contributed by atoms with Gasteiger partial charge in [0.15, 0.2) is 0 Å². The Hall–Kier alpha value is -2.00. The molecule has 0 spiro atoms. The van der Waals surface area contributed by atoms with Gasteiger partial charge in [0.25, 0.3) is 0 Å². The minimum Gasteiger partial charge on any atom is -0.488 e. The molecule has 2 aromatic carbocycles. The van der Waals surface area contributed by atoms with Gasteiger partial charge in [-0.1, -0.05) is 36.4 Å². The molecule has 0 aliphatic carbocycles. The quantitative estimate of drug-likeness (QED) is 0.899. The second-order valence-corrected chi connectivity index (χ2v) is 5.10. The van der Waals surface area contributed by atoms with Crippen molar-refractivity contribution in [2.75, 3.05) is 18.9 Å². The van der Waals surface area contributed by atoms with E-state index in [4.69, 9.17) is 10.5 Å². The molecular weight excluding hydrogens is 248 g/mol. The molecule has 1 aliphatic heterocycles. The van der Waals surface area contributed by atoms with Crippen LogP contribution in [0.5, 0.6) is 5.75 Å². The fourth-order valence-corrected chi connectivity index (χ4v) is 2.78.